The molecule has 0 bridgehead atoms. The van der Waals surface area contributed by atoms with Gasteiger partial charge in [-0.05, 0) is 42.7 Å². The minimum atomic E-state index is -0.523. The van der Waals surface area contributed by atoms with Crippen molar-refractivity contribution in [3.05, 3.63) is 29.3 Å². The minimum absolute atomic E-state index is 0.292. The lowest BCUT2D eigenvalue weighted by atomic mass is 9.98. The van der Waals surface area contributed by atoms with Gasteiger partial charge in [-0.2, -0.15) is 0 Å². The van der Waals surface area contributed by atoms with E-state index >= 15 is 0 Å². The summed E-state index contributed by atoms with van der Waals surface area (Å²) in [4.78, 5) is 26.4. The Kier molecular flexibility index (Phi) is 5.22. The summed E-state index contributed by atoms with van der Waals surface area (Å²) < 4.78 is 0. The van der Waals surface area contributed by atoms with Gasteiger partial charge in [0.05, 0.1) is 0 Å². The van der Waals surface area contributed by atoms with Crippen LogP contribution in [0.5, 0.6) is 0 Å². The predicted molar refractivity (Wildman–Crippen MR) is 88.9 cm³/mol. The first kappa shape index (κ1) is 16.5. The average molecular weight is 302 g/mol. The second-order valence-electron chi connectivity index (χ2n) is 6.65. The molecule has 1 unspecified atom stereocenters. The van der Waals surface area contributed by atoms with Crippen LogP contribution in [0.4, 0.5) is 5.69 Å². The summed E-state index contributed by atoms with van der Waals surface area (Å²) in [6.45, 7) is 9.60. The standard InChI is InChI=1S/C18H26N2O2/c1-12(2)15-9-5-8-14(4)16(15)19-17(21)18(22)20-10-6-7-13(3)11-20/h5,8-9,12-13H,6-7,10-11H2,1-4H3,(H,19,21). The molecule has 1 aliphatic rings. The van der Waals surface area contributed by atoms with Crippen molar-refractivity contribution < 1.29 is 9.59 Å². The Bertz CT molecular complexity index is 566. The van der Waals surface area contributed by atoms with Gasteiger partial charge in [0.2, 0.25) is 0 Å². The number of amides is 2. The highest BCUT2D eigenvalue weighted by Gasteiger charge is 2.27. The molecule has 120 valence electrons. The van der Waals surface area contributed by atoms with E-state index in [4.69, 9.17) is 0 Å². The topological polar surface area (TPSA) is 49.4 Å². The van der Waals surface area contributed by atoms with Crippen LogP contribution in [0.15, 0.2) is 18.2 Å². The summed E-state index contributed by atoms with van der Waals surface area (Å²) in [5, 5.41) is 2.84. The summed E-state index contributed by atoms with van der Waals surface area (Å²) in [7, 11) is 0. The molecular weight excluding hydrogens is 276 g/mol. The number of para-hydroxylation sites is 1. The van der Waals surface area contributed by atoms with Gasteiger partial charge < -0.3 is 10.2 Å². The van der Waals surface area contributed by atoms with E-state index in [0.717, 1.165) is 29.7 Å². The van der Waals surface area contributed by atoms with Crippen LogP contribution in [0.3, 0.4) is 0 Å². The van der Waals surface area contributed by atoms with E-state index in [2.05, 4.69) is 26.1 Å². The SMILES string of the molecule is Cc1cccc(C(C)C)c1NC(=O)C(=O)N1CCCC(C)C1. The first-order valence-electron chi connectivity index (χ1n) is 8.10. The number of benzene rings is 1. The van der Waals surface area contributed by atoms with E-state index in [1.807, 2.05) is 25.1 Å². The second-order valence-corrected chi connectivity index (χ2v) is 6.65. The van der Waals surface area contributed by atoms with Gasteiger partial charge in [-0.3, -0.25) is 9.59 Å². The van der Waals surface area contributed by atoms with Crippen LogP contribution in [0.1, 0.15) is 50.7 Å². The molecule has 0 aromatic heterocycles. The summed E-state index contributed by atoms with van der Waals surface area (Å²) in [6, 6.07) is 5.93. The smallest absolute Gasteiger partial charge is 0.313 e. The van der Waals surface area contributed by atoms with Crippen LogP contribution in [-0.4, -0.2) is 29.8 Å². The number of hydrogen-bond donors (Lipinski definition) is 1. The molecule has 4 nitrogen and oxygen atoms in total. The van der Waals surface area contributed by atoms with Gasteiger partial charge in [0, 0.05) is 18.8 Å². The third kappa shape index (κ3) is 3.67. The lowest BCUT2D eigenvalue weighted by Gasteiger charge is -2.30. The van der Waals surface area contributed by atoms with Crippen molar-refractivity contribution in [1.29, 1.82) is 0 Å². The number of likely N-dealkylation sites (tertiary alicyclic amines) is 1. The molecule has 1 N–H and O–H groups in total. The fourth-order valence-electron chi connectivity index (χ4n) is 3.03. The van der Waals surface area contributed by atoms with Gasteiger partial charge in [-0.15, -0.1) is 0 Å². The molecule has 1 fully saturated rings. The minimum Gasteiger partial charge on any atom is -0.334 e. The summed E-state index contributed by atoms with van der Waals surface area (Å²) >= 11 is 0. The fraction of sp³-hybridized carbons (Fsp3) is 0.556. The van der Waals surface area contributed by atoms with E-state index in [0.29, 0.717) is 24.9 Å². The Hall–Kier alpha value is -1.84. The first-order chi connectivity index (χ1) is 10.4. The van der Waals surface area contributed by atoms with Crippen LogP contribution < -0.4 is 5.32 Å². The maximum absolute atomic E-state index is 12.4. The van der Waals surface area contributed by atoms with Crippen LogP contribution >= 0.6 is 0 Å². The number of rotatable bonds is 2. The van der Waals surface area contributed by atoms with Gasteiger partial charge in [0.15, 0.2) is 0 Å². The largest absolute Gasteiger partial charge is 0.334 e. The van der Waals surface area contributed by atoms with Crippen molar-refractivity contribution in [2.24, 2.45) is 5.92 Å². The van der Waals surface area contributed by atoms with E-state index in [-0.39, 0.29) is 0 Å². The molecule has 1 aromatic carbocycles. The van der Waals surface area contributed by atoms with Crippen molar-refractivity contribution in [3.8, 4) is 0 Å². The van der Waals surface area contributed by atoms with Gasteiger partial charge in [-0.25, -0.2) is 0 Å². The summed E-state index contributed by atoms with van der Waals surface area (Å²) in [5.41, 5.74) is 2.83. The fourth-order valence-corrected chi connectivity index (χ4v) is 3.03. The van der Waals surface area contributed by atoms with Gasteiger partial charge >= 0.3 is 11.8 Å². The molecule has 0 saturated carbocycles. The highest BCUT2D eigenvalue weighted by Crippen LogP contribution is 2.27. The Morgan fingerprint density at radius 3 is 2.68 bits per heavy atom. The lowest BCUT2D eigenvalue weighted by molar-refractivity contribution is -0.144. The number of aryl methyl sites for hydroxylation is 1. The number of anilines is 1. The normalized spacial score (nSPS) is 18.4. The monoisotopic (exact) mass is 302 g/mol. The molecule has 1 saturated heterocycles. The number of nitrogens with zero attached hydrogens (tertiary/aromatic N) is 1. The zero-order valence-corrected chi connectivity index (χ0v) is 14.0. The molecule has 1 aliphatic heterocycles. The van der Waals surface area contributed by atoms with Gasteiger partial charge in [0.1, 0.15) is 0 Å². The molecular formula is C18H26N2O2. The van der Waals surface area contributed by atoms with Crippen molar-refractivity contribution >= 4 is 17.5 Å². The van der Waals surface area contributed by atoms with E-state index < -0.39 is 11.8 Å². The Balaban J connectivity index is 2.13. The van der Waals surface area contributed by atoms with Crippen LogP contribution in [0.2, 0.25) is 0 Å². The molecule has 1 aromatic rings. The third-order valence-corrected chi connectivity index (χ3v) is 4.30. The van der Waals surface area contributed by atoms with Crippen molar-refractivity contribution in [2.45, 2.75) is 46.5 Å². The van der Waals surface area contributed by atoms with E-state index in [1.165, 1.54) is 0 Å². The molecule has 0 spiro atoms. The number of carbonyl (C=O) groups excluding carboxylic acids is 2. The van der Waals surface area contributed by atoms with E-state index in [1.54, 1.807) is 4.90 Å². The van der Waals surface area contributed by atoms with Crippen LogP contribution in [0, 0.1) is 12.8 Å². The zero-order valence-electron chi connectivity index (χ0n) is 14.0. The number of carbonyl (C=O) groups is 2. The number of nitrogens with one attached hydrogen (secondary N) is 1. The maximum Gasteiger partial charge on any atom is 0.313 e. The molecule has 0 radical (unpaired) electrons. The van der Waals surface area contributed by atoms with Crippen molar-refractivity contribution in [3.63, 3.8) is 0 Å². The summed E-state index contributed by atoms with van der Waals surface area (Å²) in [6.07, 6.45) is 2.10. The molecule has 2 rings (SSSR count). The number of hydrogen-bond acceptors (Lipinski definition) is 2. The first-order valence-corrected chi connectivity index (χ1v) is 8.10. The Morgan fingerprint density at radius 2 is 2.05 bits per heavy atom. The quantitative estimate of drug-likeness (QED) is 0.852. The van der Waals surface area contributed by atoms with Crippen LogP contribution in [0.25, 0.3) is 0 Å². The highest BCUT2D eigenvalue weighted by molar-refractivity contribution is 6.39. The van der Waals surface area contributed by atoms with Gasteiger partial charge in [-0.1, -0.05) is 39.0 Å². The van der Waals surface area contributed by atoms with E-state index in [9.17, 15) is 9.59 Å². The second kappa shape index (κ2) is 6.95. The van der Waals surface area contributed by atoms with Crippen LogP contribution in [-0.2, 0) is 9.59 Å². The average Bonchev–Trinajstić information content (AvgIpc) is 2.48. The molecule has 22 heavy (non-hydrogen) atoms. The number of piperidine rings is 1. The van der Waals surface area contributed by atoms with Crippen molar-refractivity contribution in [2.75, 3.05) is 18.4 Å². The van der Waals surface area contributed by atoms with Crippen molar-refractivity contribution in [1.82, 2.24) is 4.90 Å². The Labute approximate surface area is 132 Å². The van der Waals surface area contributed by atoms with Gasteiger partial charge in [0.25, 0.3) is 0 Å². The molecule has 0 aliphatic carbocycles. The predicted octanol–water partition coefficient (Wildman–Crippen LogP) is 3.32. The maximum atomic E-state index is 12.4. The lowest BCUT2D eigenvalue weighted by Crippen LogP contribution is -2.44. The zero-order chi connectivity index (χ0) is 16.3. The summed E-state index contributed by atoms with van der Waals surface area (Å²) in [5.74, 6) is -0.176. The molecule has 1 heterocycles. The third-order valence-electron chi connectivity index (χ3n) is 4.30. The molecule has 1 atom stereocenters. The molecule has 4 heteroatoms. The highest BCUT2D eigenvalue weighted by atomic mass is 16.2. The molecule has 2 amide bonds. The Morgan fingerprint density at radius 1 is 1.32 bits per heavy atom.